The Kier molecular flexibility index (Phi) is 4.97. The maximum Gasteiger partial charge on any atom is 0.407 e. The van der Waals surface area contributed by atoms with Gasteiger partial charge in [0, 0.05) is 17.0 Å². The van der Waals surface area contributed by atoms with E-state index in [1.165, 1.54) is 7.11 Å². The number of amides is 1. The van der Waals surface area contributed by atoms with E-state index >= 15 is 0 Å². The molecule has 5 heteroatoms. The molecule has 1 aromatic carbocycles. The smallest absolute Gasteiger partial charge is 0.407 e. The molecule has 0 aliphatic carbocycles. The highest BCUT2D eigenvalue weighted by molar-refractivity contribution is 6.31. The summed E-state index contributed by atoms with van der Waals surface area (Å²) in [4.78, 5) is 23.0. The number of methoxy groups -OCH3 is 1. The molecule has 1 rings (SSSR count). The summed E-state index contributed by atoms with van der Waals surface area (Å²) in [6, 6.07) is 6.14. The van der Waals surface area contributed by atoms with Crippen LogP contribution in [0.15, 0.2) is 24.3 Å². The monoisotopic (exact) mass is 255 g/mol. The molecule has 0 bridgehead atoms. The molecule has 1 amide bonds. The van der Waals surface area contributed by atoms with E-state index in [1.54, 1.807) is 31.2 Å². The summed E-state index contributed by atoms with van der Waals surface area (Å²) in [5.74, 6) is -0.122. The molecule has 0 aromatic heterocycles. The molecular formula is C12H14ClNO3. The van der Waals surface area contributed by atoms with Gasteiger partial charge in [0.1, 0.15) is 6.04 Å². The van der Waals surface area contributed by atoms with Gasteiger partial charge in [0.2, 0.25) is 0 Å². The fraction of sp³-hybridized carbons (Fsp3) is 0.333. The van der Waals surface area contributed by atoms with Crippen LogP contribution in [-0.2, 0) is 9.53 Å². The molecule has 0 saturated heterocycles. The van der Waals surface area contributed by atoms with Crippen molar-refractivity contribution in [3.8, 4) is 0 Å². The summed E-state index contributed by atoms with van der Waals surface area (Å²) in [5.41, 5.74) is 0.575. The molecule has 4 nitrogen and oxygen atoms in total. The number of hydrogen-bond acceptors (Lipinski definition) is 3. The van der Waals surface area contributed by atoms with Crippen molar-refractivity contribution in [2.24, 2.45) is 0 Å². The highest BCUT2D eigenvalue weighted by Crippen LogP contribution is 2.24. The number of ketones is 1. The quantitative estimate of drug-likeness (QED) is 0.900. The lowest BCUT2D eigenvalue weighted by molar-refractivity contribution is -0.120. The fourth-order valence-electron chi connectivity index (χ4n) is 1.42. The molecule has 1 N–H and O–H groups in total. The average molecular weight is 256 g/mol. The summed E-state index contributed by atoms with van der Waals surface area (Å²) >= 11 is 6.00. The van der Waals surface area contributed by atoms with E-state index in [0.29, 0.717) is 17.0 Å². The van der Waals surface area contributed by atoms with Gasteiger partial charge in [-0.1, -0.05) is 36.7 Å². The lowest BCUT2D eigenvalue weighted by Gasteiger charge is -2.17. The van der Waals surface area contributed by atoms with Gasteiger partial charge >= 0.3 is 6.09 Å². The van der Waals surface area contributed by atoms with Crippen molar-refractivity contribution in [3.63, 3.8) is 0 Å². The Morgan fingerprint density at radius 3 is 2.59 bits per heavy atom. The van der Waals surface area contributed by atoms with Crippen LogP contribution in [0.25, 0.3) is 0 Å². The van der Waals surface area contributed by atoms with E-state index < -0.39 is 12.1 Å². The highest BCUT2D eigenvalue weighted by Gasteiger charge is 2.23. The third-order valence-electron chi connectivity index (χ3n) is 2.33. The van der Waals surface area contributed by atoms with Crippen LogP contribution in [-0.4, -0.2) is 19.0 Å². The second-order valence-corrected chi connectivity index (χ2v) is 3.82. The Bertz CT molecular complexity index is 420. The highest BCUT2D eigenvalue weighted by atomic mass is 35.5. The molecule has 0 aliphatic heterocycles. The molecule has 0 fully saturated rings. The van der Waals surface area contributed by atoms with E-state index in [1.807, 2.05) is 0 Å². The number of carbonyl (C=O) groups is 2. The van der Waals surface area contributed by atoms with Gasteiger partial charge in [0.15, 0.2) is 5.78 Å². The van der Waals surface area contributed by atoms with Crippen LogP contribution < -0.4 is 5.32 Å². The molecule has 0 saturated carbocycles. The number of benzene rings is 1. The summed E-state index contributed by atoms with van der Waals surface area (Å²) in [7, 11) is 1.25. The Morgan fingerprint density at radius 1 is 1.41 bits per heavy atom. The van der Waals surface area contributed by atoms with Crippen LogP contribution in [0.2, 0.25) is 5.02 Å². The van der Waals surface area contributed by atoms with Gasteiger partial charge in [0.25, 0.3) is 0 Å². The van der Waals surface area contributed by atoms with Crippen molar-refractivity contribution in [2.45, 2.75) is 19.4 Å². The van der Waals surface area contributed by atoms with E-state index in [4.69, 9.17) is 11.6 Å². The maximum atomic E-state index is 11.8. The largest absolute Gasteiger partial charge is 0.453 e. The van der Waals surface area contributed by atoms with Crippen molar-refractivity contribution in [2.75, 3.05) is 7.11 Å². The molecule has 0 heterocycles. The summed E-state index contributed by atoms with van der Waals surface area (Å²) in [5, 5.41) is 2.92. The number of hydrogen-bond donors (Lipinski definition) is 1. The van der Waals surface area contributed by atoms with Crippen LogP contribution >= 0.6 is 11.6 Å². The third kappa shape index (κ3) is 3.46. The standard InChI is InChI=1S/C12H14ClNO3/c1-3-10(15)11(14-12(16)17-2)8-6-4-5-7-9(8)13/h4-7,11H,3H2,1-2H3,(H,14,16)/t11-/m1/s1. The van der Waals surface area contributed by atoms with Crippen molar-refractivity contribution in [3.05, 3.63) is 34.9 Å². The first-order valence-corrected chi connectivity index (χ1v) is 5.59. The number of Topliss-reactive ketones (excluding diaryl/α,β-unsaturated/α-hetero) is 1. The van der Waals surface area contributed by atoms with Crippen LogP contribution in [0.3, 0.4) is 0 Å². The zero-order valence-corrected chi connectivity index (χ0v) is 10.5. The zero-order valence-electron chi connectivity index (χ0n) is 9.70. The predicted molar refractivity (Wildman–Crippen MR) is 65.0 cm³/mol. The van der Waals surface area contributed by atoms with Gasteiger partial charge in [-0.3, -0.25) is 4.79 Å². The first-order chi connectivity index (χ1) is 8.10. The van der Waals surface area contributed by atoms with Crippen molar-refractivity contribution >= 4 is 23.5 Å². The average Bonchev–Trinajstić information content (AvgIpc) is 2.35. The molecule has 0 radical (unpaired) electrons. The number of carbonyl (C=O) groups excluding carboxylic acids is 2. The van der Waals surface area contributed by atoms with Crippen LogP contribution in [0.1, 0.15) is 24.9 Å². The van der Waals surface area contributed by atoms with E-state index in [-0.39, 0.29) is 5.78 Å². The summed E-state index contributed by atoms with van der Waals surface area (Å²) in [6.07, 6.45) is -0.350. The van der Waals surface area contributed by atoms with Crippen LogP contribution in [0.5, 0.6) is 0 Å². The Labute approximate surface area is 105 Å². The van der Waals surface area contributed by atoms with Crippen molar-refractivity contribution in [1.82, 2.24) is 5.32 Å². The zero-order chi connectivity index (χ0) is 12.8. The molecule has 0 spiro atoms. The normalized spacial score (nSPS) is 11.7. The number of rotatable bonds is 4. The minimum absolute atomic E-state index is 0.122. The second kappa shape index (κ2) is 6.25. The number of halogens is 1. The Morgan fingerprint density at radius 2 is 2.06 bits per heavy atom. The molecule has 0 unspecified atom stereocenters. The van der Waals surface area contributed by atoms with E-state index in [2.05, 4.69) is 10.1 Å². The van der Waals surface area contributed by atoms with Gasteiger partial charge in [-0.15, -0.1) is 0 Å². The molecule has 1 atom stereocenters. The van der Waals surface area contributed by atoms with Gasteiger partial charge < -0.3 is 10.1 Å². The molecule has 17 heavy (non-hydrogen) atoms. The molecule has 0 aliphatic rings. The van der Waals surface area contributed by atoms with E-state index in [9.17, 15) is 9.59 Å². The van der Waals surface area contributed by atoms with Gasteiger partial charge in [-0.25, -0.2) is 4.79 Å². The van der Waals surface area contributed by atoms with Gasteiger partial charge in [0.05, 0.1) is 7.11 Å². The topological polar surface area (TPSA) is 55.4 Å². The Balaban J connectivity index is 3.02. The fourth-order valence-corrected chi connectivity index (χ4v) is 1.67. The molecular weight excluding hydrogens is 242 g/mol. The Hall–Kier alpha value is -1.55. The SMILES string of the molecule is CCC(=O)[C@H](NC(=O)OC)c1ccccc1Cl. The number of nitrogens with one attached hydrogen (secondary N) is 1. The van der Waals surface area contributed by atoms with Gasteiger partial charge in [-0.2, -0.15) is 0 Å². The second-order valence-electron chi connectivity index (χ2n) is 3.41. The number of ether oxygens (including phenoxy) is 1. The summed E-state index contributed by atoms with van der Waals surface area (Å²) < 4.78 is 4.49. The van der Waals surface area contributed by atoms with Crippen LogP contribution in [0.4, 0.5) is 4.79 Å². The lowest BCUT2D eigenvalue weighted by atomic mass is 10.0. The van der Waals surface area contributed by atoms with Crippen LogP contribution in [0, 0.1) is 0 Å². The summed E-state index contributed by atoms with van der Waals surface area (Å²) in [6.45, 7) is 1.73. The molecule has 1 aromatic rings. The predicted octanol–water partition coefficient (Wildman–Crippen LogP) is 2.72. The van der Waals surface area contributed by atoms with E-state index in [0.717, 1.165) is 0 Å². The minimum Gasteiger partial charge on any atom is -0.453 e. The van der Waals surface area contributed by atoms with Crippen molar-refractivity contribution in [1.29, 1.82) is 0 Å². The third-order valence-corrected chi connectivity index (χ3v) is 2.68. The number of alkyl carbamates (subject to hydrolysis) is 1. The first kappa shape index (κ1) is 13.5. The van der Waals surface area contributed by atoms with Crippen molar-refractivity contribution < 1.29 is 14.3 Å². The first-order valence-electron chi connectivity index (χ1n) is 5.21. The maximum absolute atomic E-state index is 11.8. The minimum atomic E-state index is -0.763. The van der Waals surface area contributed by atoms with Gasteiger partial charge in [-0.05, 0) is 6.07 Å². The lowest BCUT2D eigenvalue weighted by Crippen LogP contribution is -2.33. The molecule has 92 valence electrons.